The molecule has 1 unspecified atom stereocenters. The van der Waals surface area contributed by atoms with E-state index in [1.165, 1.54) is 19.3 Å². The highest BCUT2D eigenvalue weighted by Gasteiger charge is 2.54. The number of carboxylic acids is 1. The first kappa shape index (κ1) is 25.8. The van der Waals surface area contributed by atoms with Gasteiger partial charge in [-0.05, 0) is 111 Å². The molecule has 0 radical (unpaired) electrons. The number of nitrogens with zero attached hydrogens (tertiary/aromatic N) is 1. The van der Waals surface area contributed by atoms with Crippen LogP contribution in [0.15, 0.2) is 42.5 Å². The van der Waals surface area contributed by atoms with Crippen LogP contribution in [0.2, 0.25) is 0 Å². The zero-order valence-electron chi connectivity index (χ0n) is 22.5. The van der Waals surface area contributed by atoms with E-state index in [0.717, 1.165) is 54.5 Å². The Bertz CT molecular complexity index is 1120. The summed E-state index contributed by atoms with van der Waals surface area (Å²) in [6.45, 7) is 7.07. The fraction of sp³-hybridized carbons (Fsp3) is 0.562. The SMILES string of the molecule is CCCOc1cccc(C(=O)N(Cc2cccc(C(C)C(=O)O)c2CC)C23CC4CC(CC(C4)C2)C3)c1. The molecule has 37 heavy (non-hydrogen) atoms. The lowest BCUT2D eigenvalue weighted by Gasteiger charge is -2.60. The molecule has 4 saturated carbocycles. The highest BCUT2D eigenvalue weighted by molar-refractivity contribution is 5.95. The Hall–Kier alpha value is -2.82. The molecule has 0 aromatic heterocycles. The molecule has 1 N–H and O–H groups in total. The van der Waals surface area contributed by atoms with E-state index in [2.05, 4.69) is 24.8 Å². The molecule has 4 aliphatic carbocycles. The molecule has 4 fully saturated rings. The molecule has 5 heteroatoms. The number of aliphatic carboxylic acids is 1. The van der Waals surface area contributed by atoms with Gasteiger partial charge in [-0.25, -0.2) is 0 Å². The van der Waals surface area contributed by atoms with E-state index < -0.39 is 11.9 Å². The molecular formula is C32H41NO4. The van der Waals surface area contributed by atoms with Crippen LogP contribution in [0, 0.1) is 17.8 Å². The Balaban J connectivity index is 1.54. The van der Waals surface area contributed by atoms with Crippen LogP contribution in [0.5, 0.6) is 5.75 Å². The maximum atomic E-state index is 14.4. The molecule has 2 aromatic rings. The number of hydrogen-bond acceptors (Lipinski definition) is 3. The van der Waals surface area contributed by atoms with E-state index in [9.17, 15) is 14.7 Å². The summed E-state index contributed by atoms with van der Waals surface area (Å²) in [5, 5.41) is 9.73. The first-order valence-corrected chi connectivity index (χ1v) is 14.2. The third-order valence-corrected chi connectivity index (χ3v) is 9.21. The fourth-order valence-corrected chi connectivity index (χ4v) is 7.89. The Labute approximate surface area is 221 Å². The van der Waals surface area contributed by atoms with Crippen LogP contribution < -0.4 is 4.74 Å². The van der Waals surface area contributed by atoms with Gasteiger partial charge in [0.05, 0.1) is 12.5 Å². The smallest absolute Gasteiger partial charge is 0.310 e. The van der Waals surface area contributed by atoms with Crippen molar-refractivity contribution in [1.29, 1.82) is 0 Å². The normalized spacial score (nSPS) is 26.6. The lowest BCUT2D eigenvalue weighted by Crippen LogP contribution is -2.61. The molecule has 4 aliphatic rings. The van der Waals surface area contributed by atoms with Gasteiger partial charge in [0.2, 0.25) is 0 Å². The zero-order chi connectivity index (χ0) is 26.2. The molecule has 0 aliphatic heterocycles. The van der Waals surface area contributed by atoms with Gasteiger partial charge in [-0.1, -0.05) is 38.1 Å². The Morgan fingerprint density at radius 1 is 1.03 bits per heavy atom. The third-order valence-electron chi connectivity index (χ3n) is 9.21. The Kier molecular flexibility index (Phi) is 7.33. The number of carbonyl (C=O) groups is 2. The molecule has 4 bridgehead atoms. The molecular weight excluding hydrogens is 462 g/mol. The number of carboxylic acid groups (broad SMARTS) is 1. The van der Waals surface area contributed by atoms with Crippen LogP contribution in [0.1, 0.15) is 98.7 Å². The van der Waals surface area contributed by atoms with Crippen LogP contribution in [0.3, 0.4) is 0 Å². The standard InChI is InChI=1S/C32H41NO4/c1-4-12-37-27-10-6-8-25(16-27)30(34)33(32-17-22-13-23(18-32)15-24(14-22)19-32)20-26-9-7-11-29(28(26)5-2)21(3)31(35)36/h6-11,16,21-24H,4-5,12-15,17-20H2,1-3H3,(H,35,36). The van der Waals surface area contributed by atoms with E-state index in [1.54, 1.807) is 6.92 Å². The summed E-state index contributed by atoms with van der Waals surface area (Å²) < 4.78 is 5.87. The van der Waals surface area contributed by atoms with Crippen molar-refractivity contribution >= 4 is 11.9 Å². The van der Waals surface area contributed by atoms with Crippen LogP contribution >= 0.6 is 0 Å². The summed E-state index contributed by atoms with van der Waals surface area (Å²) in [6, 6.07) is 13.7. The molecule has 6 rings (SSSR count). The van der Waals surface area contributed by atoms with Gasteiger partial charge in [-0.3, -0.25) is 9.59 Å². The summed E-state index contributed by atoms with van der Waals surface area (Å²) in [5.41, 5.74) is 3.57. The average Bonchev–Trinajstić information content (AvgIpc) is 2.88. The summed E-state index contributed by atoms with van der Waals surface area (Å²) in [4.78, 5) is 28.4. The quantitative estimate of drug-likeness (QED) is 0.386. The molecule has 0 heterocycles. The van der Waals surface area contributed by atoms with Crippen LogP contribution in [0.4, 0.5) is 0 Å². The number of ether oxygens (including phenoxy) is 1. The predicted molar refractivity (Wildman–Crippen MR) is 145 cm³/mol. The molecule has 1 amide bonds. The number of benzene rings is 2. The van der Waals surface area contributed by atoms with Crippen molar-refractivity contribution in [1.82, 2.24) is 4.90 Å². The van der Waals surface area contributed by atoms with Crippen LogP contribution in [-0.2, 0) is 17.8 Å². The second-order valence-corrected chi connectivity index (χ2v) is 11.8. The molecule has 2 aromatic carbocycles. The maximum absolute atomic E-state index is 14.4. The summed E-state index contributed by atoms with van der Waals surface area (Å²) >= 11 is 0. The zero-order valence-corrected chi connectivity index (χ0v) is 22.5. The molecule has 0 saturated heterocycles. The lowest BCUT2D eigenvalue weighted by molar-refractivity contribution is -0.138. The average molecular weight is 504 g/mol. The highest BCUT2D eigenvalue weighted by Crippen LogP contribution is 2.58. The molecule has 1 atom stereocenters. The van der Waals surface area contributed by atoms with Crippen molar-refractivity contribution in [3.8, 4) is 5.75 Å². The van der Waals surface area contributed by atoms with Gasteiger partial charge < -0.3 is 14.7 Å². The monoisotopic (exact) mass is 503 g/mol. The van der Waals surface area contributed by atoms with Gasteiger partial charge in [0.15, 0.2) is 0 Å². The highest BCUT2D eigenvalue weighted by atomic mass is 16.5. The minimum Gasteiger partial charge on any atom is -0.494 e. The molecule has 0 spiro atoms. The summed E-state index contributed by atoms with van der Waals surface area (Å²) in [7, 11) is 0. The first-order chi connectivity index (χ1) is 17.8. The van der Waals surface area contributed by atoms with Gasteiger partial charge in [-0.2, -0.15) is 0 Å². The second-order valence-electron chi connectivity index (χ2n) is 11.8. The van der Waals surface area contributed by atoms with Crippen molar-refractivity contribution in [2.24, 2.45) is 17.8 Å². The molecule has 5 nitrogen and oxygen atoms in total. The lowest BCUT2D eigenvalue weighted by atomic mass is 9.52. The van der Waals surface area contributed by atoms with Gasteiger partial charge >= 0.3 is 5.97 Å². The van der Waals surface area contributed by atoms with Crippen molar-refractivity contribution in [2.75, 3.05) is 6.61 Å². The Morgan fingerprint density at radius 3 is 2.27 bits per heavy atom. The minimum absolute atomic E-state index is 0.0719. The summed E-state index contributed by atoms with van der Waals surface area (Å²) in [6.07, 6.45) is 8.86. The second kappa shape index (κ2) is 10.5. The number of rotatable bonds is 10. The Morgan fingerprint density at radius 2 is 1.68 bits per heavy atom. The van der Waals surface area contributed by atoms with Gasteiger partial charge in [-0.15, -0.1) is 0 Å². The first-order valence-electron chi connectivity index (χ1n) is 14.2. The van der Waals surface area contributed by atoms with Gasteiger partial charge in [0.25, 0.3) is 5.91 Å². The van der Waals surface area contributed by atoms with E-state index in [-0.39, 0.29) is 11.4 Å². The number of amides is 1. The summed E-state index contributed by atoms with van der Waals surface area (Å²) in [5.74, 6) is 1.56. The van der Waals surface area contributed by atoms with E-state index in [1.807, 2.05) is 36.4 Å². The van der Waals surface area contributed by atoms with Crippen LogP contribution in [-0.4, -0.2) is 34.0 Å². The molecule has 198 valence electrons. The van der Waals surface area contributed by atoms with E-state index in [4.69, 9.17) is 4.74 Å². The number of carbonyl (C=O) groups excluding carboxylic acids is 1. The minimum atomic E-state index is -0.815. The number of hydrogen-bond donors (Lipinski definition) is 1. The van der Waals surface area contributed by atoms with Crippen molar-refractivity contribution < 1.29 is 19.4 Å². The van der Waals surface area contributed by atoms with Gasteiger partial charge in [0, 0.05) is 17.6 Å². The van der Waals surface area contributed by atoms with E-state index >= 15 is 0 Å². The van der Waals surface area contributed by atoms with Crippen molar-refractivity contribution in [3.05, 3.63) is 64.7 Å². The predicted octanol–water partition coefficient (Wildman–Crippen LogP) is 6.84. The largest absolute Gasteiger partial charge is 0.494 e. The maximum Gasteiger partial charge on any atom is 0.310 e. The van der Waals surface area contributed by atoms with E-state index in [0.29, 0.717) is 36.5 Å². The fourth-order valence-electron chi connectivity index (χ4n) is 7.89. The van der Waals surface area contributed by atoms with Gasteiger partial charge in [0.1, 0.15) is 5.75 Å². The third kappa shape index (κ3) is 5.02. The van der Waals surface area contributed by atoms with Crippen molar-refractivity contribution in [3.63, 3.8) is 0 Å². The van der Waals surface area contributed by atoms with Crippen LogP contribution in [0.25, 0.3) is 0 Å². The topological polar surface area (TPSA) is 66.8 Å². The van der Waals surface area contributed by atoms with Crippen molar-refractivity contribution in [2.45, 2.75) is 90.1 Å².